The third-order valence-corrected chi connectivity index (χ3v) is 2.56. The van der Waals surface area contributed by atoms with E-state index < -0.39 is 0 Å². The van der Waals surface area contributed by atoms with Crippen LogP contribution in [0.25, 0.3) is 0 Å². The van der Waals surface area contributed by atoms with Crippen LogP contribution in [0.2, 0.25) is 0 Å². The summed E-state index contributed by atoms with van der Waals surface area (Å²) >= 11 is 6.09. The Bertz CT molecular complexity index is 199. The lowest BCUT2D eigenvalue weighted by Crippen LogP contribution is -2.02. The molecule has 15 heavy (non-hydrogen) atoms. The number of allylic oxidation sites excluding steroid dienone is 3. The van der Waals surface area contributed by atoms with Crippen LogP contribution in [-0.2, 0) is 0 Å². The first-order valence-corrected chi connectivity index (χ1v) is 6.42. The van der Waals surface area contributed by atoms with E-state index in [1.54, 1.807) is 0 Å². The number of rotatable bonds is 7. The molecule has 0 spiro atoms. The predicted molar refractivity (Wildman–Crippen MR) is 71.5 cm³/mol. The first-order valence-electron chi connectivity index (χ1n) is 5.98. The van der Waals surface area contributed by atoms with Crippen LogP contribution in [0.3, 0.4) is 0 Å². The van der Waals surface area contributed by atoms with E-state index in [0.717, 1.165) is 19.3 Å². The quantitative estimate of drug-likeness (QED) is 0.408. The molecule has 0 nitrogen and oxygen atoms in total. The summed E-state index contributed by atoms with van der Waals surface area (Å²) in [6.45, 7) is 12.7. The summed E-state index contributed by atoms with van der Waals surface area (Å²) in [6, 6.07) is 0. The van der Waals surface area contributed by atoms with Crippen LogP contribution in [0.4, 0.5) is 0 Å². The van der Waals surface area contributed by atoms with Crippen LogP contribution < -0.4 is 0 Å². The summed E-state index contributed by atoms with van der Waals surface area (Å²) in [5.74, 6) is 0.697. The van der Waals surface area contributed by atoms with E-state index in [4.69, 9.17) is 11.6 Å². The van der Waals surface area contributed by atoms with Crippen LogP contribution in [0.5, 0.6) is 0 Å². The zero-order valence-electron chi connectivity index (χ0n) is 10.6. The number of hydrogen-bond donors (Lipinski definition) is 0. The zero-order valence-corrected chi connectivity index (χ0v) is 11.4. The minimum atomic E-state index is 0.227. The van der Waals surface area contributed by atoms with Crippen molar-refractivity contribution in [2.45, 2.75) is 58.8 Å². The maximum atomic E-state index is 6.09. The van der Waals surface area contributed by atoms with Gasteiger partial charge in [0.25, 0.3) is 0 Å². The summed E-state index contributed by atoms with van der Waals surface area (Å²) in [5.41, 5.74) is 2.92. The third-order valence-electron chi connectivity index (χ3n) is 2.40. The molecule has 0 saturated heterocycles. The Morgan fingerprint density at radius 2 is 1.87 bits per heavy atom. The number of halogens is 1. The van der Waals surface area contributed by atoms with Gasteiger partial charge >= 0.3 is 0 Å². The third kappa shape index (κ3) is 6.78. The predicted octanol–water partition coefficient (Wildman–Crippen LogP) is 5.33. The minimum Gasteiger partial charge on any atom is -0.123 e. The second-order valence-corrected chi connectivity index (χ2v) is 5.41. The first kappa shape index (κ1) is 14.8. The highest BCUT2D eigenvalue weighted by atomic mass is 35.5. The van der Waals surface area contributed by atoms with Crippen molar-refractivity contribution in [3.05, 3.63) is 23.8 Å². The van der Waals surface area contributed by atoms with Crippen molar-refractivity contribution in [2.24, 2.45) is 5.92 Å². The Labute approximate surface area is 100 Å². The van der Waals surface area contributed by atoms with E-state index in [1.807, 2.05) is 6.08 Å². The smallest absolute Gasteiger partial charge is 0.0345 e. The van der Waals surface area contributed by atoms with Crippen molar-refractivity contribution in [3.8, 4) is 0 Å². The highest BCUT2D eigenvalue weighted by Crippen LogP contribution is 2.25. The molecule has 0 aliphatic rings. The highest BCUT2D eigenvalue weighted by molar-refractivity contribution is 6.20. The number of alkyl halides is 1. The van der Waals surface area contributed by atoms with Gasteiger partial charge in [0, 0.05) is 5.38 Å². The van der Waals surface area contributed by atoms with Gasteiger partial charge in [0.15, 0.2) is 0 Å². The maximum absolute atomic E-state index is 6.09. The second-order valence-electron chi connectivity index (χ2n) is 4.67. The topological polar surface area (TPSA) is 0 Å². The van der Waals surface area contributed by atoms with Crippen molar-refractivity contribution in [1.82, 2.24) is 0 Å². The first-order chi connectivity index (χ1) is 7.01. The molecule has 1 atom stereocenters. The van der Waals surface area contributed by atoms with E-state index in [1.165, 1.54) is 17.6 Å². The fraction of sp³-hybridized carbons (Fsp3) is 0.714. The Morgan fingerprint density at radius 1 is 1.27 bits per heavy atom. The Balaban J connectivity index is 4.74. The fourth-order valence-corrected chi connectivity index (χ4v) is 2.06. The fourth-order valence-electron chi connectivity index (χ4n) is 1.87. The van der Waals surface area contributed by atoms with Gasteiger partial charge in [-0.1, -0.05) is 45.4 Å². The molecular formula is C14H25Cl. The van der Waals surface area contributed by atoms with Crippen LogP contribution >= 0.6 is 11.6 Å². The molecule has 88 valence electrons. The average Bonchev–Trinajstić information content (AvgIpc) is 2.11. The van der Waals surface area contributed by atoms with E-state index >= 15 is 0 Å². The molecule has 1 heteroatoms. The van der Waals surface area contributed by atoms with E-state index in [2.05, 4.69) is 34.3 Å². The van der Waals surface area contributed by atoms with E-state index in [0.29, 0.717) is 5.92 Å². The molecule has 0 N–H and O–H groups in total. The Hall–Kier alpha value is -0.230. The second kappa shape index (κ2) is 7.98. The molecule has 0 aromatic rings. The Kier molecular flexibility index (Phi) is 7.86. The summed E-state index contributed by atoms with van der Waals surface area (Å²) in [5, 5.41) is 0.227. The number of hydrogen-bond acceptors (Lipinski definition) is 0. The van der Waals surface area contributed by atoms with Crippen molar-refractivity contribution in [1.29, 1.82) is 0 Å². The molecule has 0 amide bonds. The van der Waals surface area contributed by atoms with Gasteiger partial charge in [-0.3, -0.25) is 0 Å². The molecule has 0 aromatic carbocycles. The molecule has 0 rings (SSSR count). The molecule has 0 heterocycles. The van der Waals surface area contributed by atoms with Gasteiger partial charge in [0.05, 0.1) is 0 Å². The van der Waals surface area contributed by atoms with Crippen LogP contribution in [0.1, 0.15) is 53.4 Å². The minimum absolute atomic E-state index is 0.227. The van der Waals surface area contributed by atoms with Crippen molar-refractivity contribution in [2.75, 3.05) is 0 Å². The summed E-state index contributed by atoms with van der Waals surface area (Å²) in [6.07, 6.45) is 6.48. The summed E-state index contributed by atoms with van der Waals surface area (Å²) in [4.78, 5) is 0. The van der Waals surface area contributed by atoms with E-state index in [9.17, 15) is 0 Å². The van der Waals surface area contributed by atoms with Crippen LogP contribution in [0.15, 0.2) is 23.8 Å². The van der Waals surface area contributed by atoms with Gasteiger partial charge < -0.3 is 0 Å². The van der Waals surface area contributed by atoms with Gasteiger partial charge in [0.1, 0.15) is 0 Å². The van der Waals surface area contributed by atoms with Gasteiger partial charge in [-0.05, 0) is 37.7 Å². The molecule has 0 radical (unpaired) electrons. The van der Waals surface area contributed by atoms with Crippen molar-refractivity contribution >= 4 is 11.6 Å². The lowest BCUT2D eigenvalue weighted by Gasteiger charge is -2.16. The van der Waals surface area contributed by atoms with Crippen molar-refractivity contribution < 1.29 is 0 Å². The zero-order chi connectivity index (χ0) is 11.8. The summed E-state index contributed by atoms with van der Waals surface area (Å²) < 4.78 is 0. The Morgan fingerprint density at radius 3 is 2.20 bits per heavy atom. The molecule has 0 aliphatic carbocycles. The molecule has 0 bridgehead atoms. The standard InChI is InChI=1S/C14H25Cl/c1-6-8-13(7-2)14(9-11(3)4)10-12(5)15/h7,11-12H,2,6,8-10H2,1,3-5H3/b14-13-. The van der Waals surface area contributed by atoms with E-state index in [-0.39, 0.29) is 5.38 Å². The van der Waals surface area contributed by atoms with Gasteiger partial charge in [0.2, 0.25) is 0 Å². The normalized spacial score (nSPS) is 15.1. The highest BCUT2D eigenvalue weighted by Gasteiger charge is 2.09. The molecule has 1 unspecified atom stereocenters. The molecule has 0 aromatic heterocycles. The lowest BCUT2D eigenvalue weighted by molar-refractivity contribution is 0.615. The molecular weight excluding hydrogens is 204 g/mol. The SMILES string of the molecule is C=C/C(CCC)=C(\CC(C)C)CC(C)Cl. The van der Waals surface area contributed by atoms with Gasteiger partial charge in [-0.2, -0.15) is 0 Å². The largest absolute Gasteiger partial charge is 0.123 e. The van der Waals surface area contributed by atoms with Crippen LogP contribution in [-0.4, -0.2) is 5.38 Å². The maximum Gasteiger partial charge on any atom is 0.0345 e. The van der Waals surface area contributed by atoms with Crippen molar-refractivity contribution in [3.63, 3.8) is 0 Å². The molecule has 0 fully saturated rings. The average molecular weight is 229 g/mol. The lowest BCUT2D eigenvalue weighted by atomic mass is 9.92. The summed E-state index contributed by atoms with van der Waals surface area (Å²) in [7, 11) is 0. The molecule has 0 saturated carbocycles. The van der Waals surface area contributed by atoms with Gasteiger partial charge in [-0.15, -0.1) is 11.6 Å². The monoisotopic (exact) mass is 228 g/mol. The van der Waals surface area contributed by atoms with Gasteiger partial charge in [-0.25, -0.2) is 0 Å². The molecule has 0 aliphatic heterocycles. The van der Waals surface area contributed by atoms with Crippen LogP contribution in [0, 0.1) is 5.92 Å².